The summed E-state index contributed by atoms with van der Waals surface area (Å²) in [4.78, 5) is 25.8. The Morgan fingerprint density at radius 3 is 2.50 bits per heavy atom. The largest absolute Gasteiger partial charge is 0.366 e. The summed E-state index contributed by atoms with van der Waals surface area (Å²) in [7, 11) is 0. The van der Waals surface area contributed by atoms with Gasteiger partial charge in [-0.25, -0.2) is 0 Å². The van der Waals surface area contributed by atoms with Gasteiger partial charge in [-0.05, 0) is 23.1 Å². The van der Waals surface area contributed by atoms with Crippen LogP contribution in [0.15, 0.2) is 53.9 Å². The van der Waals surface area contributed by atoms with Crippen LogP contribution in [0.1, 0.15) is 25.7 Å². The fraction of sp³-hybridized carbons (Fsp3) is 0.111. The van der Waals surface area contributed by atoms with Gasteiger partial charge in [0, 0.05) is 16.2 Å². The van der Waals surface area contributed by atoms with Crippen LogP contribution in [0.4, 0.5) is 5.00 Å². The molecule has 6 heteroatoms. The lowest BCUT2D eigenvalue weighted by Gasteiger charge is -2.03. The van der Waals surface area contributed by atoms with Gasteiger partial charge < -0.3 is 11.1 Å². The monoisotopic (exact) mass is 356 g/mol. The van der Waals surface area contributed by atoms with E-state index in [-0.39, 0.29) is 5.91 Å². The lowest BCUT2D eigenvalue weighted by molar-refractivity contribution is -0.115. The Morgan fingerprint density at radius 1 is 1.04 bits per heavy atom. The van der Waals surface area contributed by atoms with Crippen LogP contribution >= 0.6 is 22.7 Å². The highest BCUT2D eigenvalue weighted by molar-refractivity contribution is 7.16. The molecule has 122 valence electrons. The van der Waals surface area contributed by atoms with Crippen LogP contribution in [-0.4, -0.2) is 11.8 Å². The summed E-state index contributed by atoms with van der Waals surface area (Å²) in [5.74, 6) is -0.676. The van der Waals surface area contributed by atoms with Crippen LogP contribution in [0, 0.1) is 0 Å². The molecule has 0 fully saturated rings. The van der Waals surface area contributed by atoms with E-state index in [4.69, 9.17) is 5.73 Å². The molecule has 0 spiro atoms. The molecular weight excluding hydrogens is 340 g/mol. The first-order valence-corrected chi connectivity index (χ1v) is 9.10. The SMILES string of the molecule is NC(=O)c1cc(Cc2ccccc2)sc1NC(=O)Cc1cccs1. The number of carbonyl (C=O) groups is 2. The Hall–Kier alpha value is -2.44. The van der Waals surface area contributed by atoms with E-state index in [9.17, 15) is 9.59 Å². The number of thiophene rings is 2. The van der Waals surface area contributed by atoms with E-state index in [0.29, 0.717) is 23.4 Å². The molecule has 0 saturated carbocycles. The van der Waals surface area contributed by atoms with Crippen LogP contribution in [0.5, 0.6) is 0 Å². The highest BCUT2D eigenvalue weighted by Crippen LogP contribution is 2.30. The van der Waals surface area contributed by atoms with Crippen molar-refractivity contribution in [3.8, 4) is 0 Å². The summed E-state index contributed by atoms with van der Waals surface area (Å²) in [5, 5.41) is 5.28. The molecule has 2 heterocycles. The molecule has 0 saturated heterocycles. The average molecular weight is 356 g/mol. The molecule has 0 unspecified atom stereocenters. The van der Waals surface area contributed by atoms with E-state index < -0.39 is 5.91 Å². The standard InChI is InChI=1S/C18H16N2O2S2/c19-17(22)15-10-14(9-12-5-2-1-3-6-12)24-18(15)20-16(21)11-13-7-4-8-23-13/h1-8,10H,9,11H2,(H2,19,22)(H,20,21). The number of carbonyl (C=O) groups excluding carboxylic acids is 2. The fourth-order valence-electron chi connectivity index (χ4n) is 2.34. The first kappa shape index (κ1) is 16.4. The Kier molecular flexibility index (Phi) is 5.08. The van der Waals surface area contributed by atoms with Crippen molar-refractivity contribution in [2.75, 3.05) is 5.32 Å². The molecule has 1 aromatic carbocycles. The Bertz CT molecular complexity index is 839. The molecule has 3 rings (SSSR count). The average Bonchev–Trinajstić information content (AvgIpc) is 3.18. The van der Waals surface area contributed by atoms with Gasteiger partial charge in [-0.15, -0.1) is 22.7 Å². The third-order valence-corrected chi connectivity index (χ3v) is 5.36. The summed E-state index contributed by atoms with van der Waals surface area (Å²) in [6.45, 7) is 0. The minimum absolute atomic E-state index is 0.145. The van der Waals surface area contributed by atoms with E-state index in [1.165, 1.54) is 22.7 Å². The molecule has 2 amide bonds. The van der Waals surface area contributed by atoms with Crippen molar-refractivity contribution in [2.45, 2.75) is 12.8 Å². The predicted octanol–water partition coefficient (Wildman–Crippen LogP) is 3.68. The van der Waals surface area contributed by atoms with Crippen molar-refractivity contribution in [1.82, 2.24) is 0 Å². The van der Waals surface area contributed by atoms with Gasteiger partial charge in [0.15, 0.2) is 0 Å². The van der Waals surface area contributed by atoms with Gasteiger partial charge >= 0.3 is 0 Å². The highest BCUT2D eigenvalue weighted by atomic mass is 32.1. The molecule has 0 atom stereocenters. The maximum absolute atomic E-state index is 12.2. The van der Waals surface area contributed by atoms with E-state index in [1.54, 1.807) is 6.07 Å². The predicted molar refractivity (Wildman–Crippen MR) is 98.7 cm³/mol. The number of amides is 2. The number of nitrogens with one attached hydrogen (secondary N) is 1. The second kappa shape index (κ2) is 7.42. The lowest BCUT2D eigenvalue weighted by atomic mass is 10.1. The molecule has 4 nitrogen and oxygen atoms in total. The molecular formula is C18H16N2O2S2. The quantitative estimate of drug-likeness (QED) is 0.707. The fourth-order valence-corrected chi connectivity index (χ4v) is 4.16. The van der Waals surface area contributed by atoms with Crippen LogP contribution in [0.3, 0.4) is 0 Å². The van der Waals surface area contributed by atoms with Crippen molar-refractivity contribution in [2.24, 2.45) is 5.73 Å². The summed E-state index contributed by atoms with van der Waals surface area (Å²) in [6.07, 6.45) is 0.994. The molecule has 0 aliphatic heterocycles. The third-order valence-electron chi connectivity index (χ3n) is 3.44. The molecule has 2 aromatic heterocycles. The van der Waals surface area contributed by atoms with Crippen LogP contribution < -0.4 is 11.1 Å². The number of anilines is 1. The van der Waals surface area contributed by atoms with Crippen molar-refractivity contribution in [3.63, 3.8) is 0 Å². The van der Waals surface area contributed by atoms with Crippen molar-refractivity contribution in [1.29, 1.82) is 0 Å². The Balaban J connectivity index is 1.76. The smallest absolute Gasteiger partial charge is 0.251 e. The Labute approximate surface area is 147 Å². The molecule has 3 aromatic rings. The lowest BCUT2D eigenvalue weighted by Crippen LogP contribution is -2.17. The van der Waals surface area contributed by atoms with E-state index in [1.807, 2.05) is 47.8 Å². The second-order valence-corrected chi connectivity index (χ2v) is 7.46. The van der Waals surface area contributed by atoms with Gasteiger partial charge in [0.05, 0.1) is 12.0 Å². The van der Waals surface area contributed by atoms with Gasteiger partial charge in [0.25, 0.3) is 5.91 Å². The van der Waals surface area contributed by atoms with E-state index >= 15 is 0 Å². The molecule has 0 radical (unpaired) electrons. The third kappa shape index (κ3) is 4.10. The van der Waals surface area contributed by atoms with E-state index in [2.05, 4.69) is 5.32 Å². The minimum atomic E-state index is -0.531. The summed E-state index contributed by atoms with van der Waals surface area (Å²) < 4.78 is 0. The van der Waals surface area contributed by atoms with Crippen molar-refractivity contribution in [3.05, 3.63) is 74.8 Å². The maximum Gasteiger partial charge on any atom is 0.251 e. The zero-order chi connectivity index (χ0) is 16.9. The van der Waals surface area contributed by atoms with Gasteiger partial charge in [-0.3, -0.25) is 9.59 Å². The molecule has 0 aliphatic carbocycles. The second-order valence-electron chi connectivity index (χ2n) is 5.29. The number of benzene rings is 1. The van der Waals surface area contributed by atoms with Gasteiger partial charge in [-0.1, -0.05) is 36.4 Å². The van der Waals surface area contributed by atoms with Crippen LogP contribution in [-0.2, 0) is 17.6 Å². The van der Waals surface area contributed by atoms with Crippen LogP contribution in [0.25, 0.3) is 0 Å². The number of rotatable bonds is 6. The van der Waals surface area contributed by atoms with Crippen molar-refractivity contribution >= 4 is 39.5 Å². The molecule has 24 heavy (non-hydrogen) atoms. The summed E-state index contributed by atoms with van der Waals surface area (Å²) in [5.41, 5.74) is 6.96. The molecule has 0 bridgehead atoms. The number of nitrogens with two attached hydrogens (primary N) is 1. The zero-order valence-corrected chi connectivity index (χ0v) is 14.5. The van der Waals surface area contributed by atoms with Crippen molar-refractivity contribution < 1.29 is 9.59 Å². The summed E-state index contributed by atoms with van der Waals surface area (Å²) in [6, 6.07) is 15.5. The van der Waals surface area contributed by atoms with Crippen LogP contribution in [0.2, 0.25) is 0 Å². The number of hydrogen-bond acceptors (Lipinski definition) is 4. The van der Waals surface area contributed by atoms with Gasteiger partial charge in [0.1, 0.15) is 5.00 Å². The van der Waals surface area contributed by atoms with E-state index in [0.717, 1.165) is 15.3 Å². The topological polar surface area (TPSA) is 72.2 Å². The highest BCUT2D eigenvalue weighted by Gasteiger charge is 2.16. The van der Waals surface area contributed by atoms with Gasteiger partial charge in [0.2, 0.25) is 5.91 Å². The minimum Gasteiger partial charge on any atom is -0.366 e. The molecule has 3 N–H and O–H groups in total. The van der Waals surface area contributed by atoms with Gasteiger partial charge in [-0.2, -0.15) is 0 Å². The zero-order valence-electron chi connectivity index (χ0n) is 12.8. The Morgan fingerprint density at radius 2 is 1.83 bits per heavy atom. The first-order chi connectivity index (χ1) is 11.6. The maximum atomic E-state index is 12.2. The normalized spacial score (nSPS) is 10.5. The first-order valence-electron chi connectivity index (χ1n) is 7.40. The number of primary amides is 1. The molecule has 0 aliphatic rings. The number of hydrogen-bond donors (Lipinski definition) is 2. The summed E-state index contributed by atoms with van der Waals surface area (Å²) >= 11 is 2.92.